The third-order valence-electron chi connectivity index (χ3n) is 4.62. The highest BCUT2D eigenvalue weighted by atomic mass is 16.5. The Kier molecular flexibility index (Phi) is 5.69. The maximum atomic E-state index is 4.90. The molecule has 23 heavy (non-hydrogen) atoms. The second kappa shape index (κ2) is 8.15. The predicted octanol–water partition coefficient (Wildman–Crippen LogP) is 1.87. The molecule has 1 N–H and O–H groups in total. The van der Waals surface area contributed by atoms with Crippen LogP contribution >= 0.6 is 0 Å². The molecule has 0 amide bonds. The van der Waals surface area contributed by atoms with Crippen LogP contribution in [0.4, 0.5) is 0 Å². The van der Waals surface area contributed by atoms with Crippen molar-refractivity contribution in [2.24, 2.45) is 4.99 Å². The van der Waals surface area contributed by atoms with Gasteiger partial charge in [-0.1, -0.05) is 16.8 Å². The van der Waals surface area contributed by atoms with E-state index in [1.165, 1.54) is 19.3 Å². The van der Waals surface area contributed by atoms with Gasteiger partial charge in [0.25, 0.3) is 0 Å². The largest absolute Gasteiger partial charge is 0.364 e. The molecule has 0 unspecified atom stereocenters. The zero-order valence-corrected chi connectivity index (χ0v) is 14.0. The smallest absolute Gasteiger partial charge is 0.193 e. The average Bonchev–Trinajstić information content (AvgIpc) is 3.26. The van der Waals surface area contributed by atoms with Crippen molar-refractivity contribution in [3.8, 4) is 0 Å². The number of rotatable bonds is 5. The maximum Gasteiger partial charge on any atom is 0.193 e. The first-order valence-corrected chi connectivity index (χ1v) is 8.60. The monoisotopic (exact) mass is 317 g/mol. The molecule has 0 saturated carbocycles. The summed E-state index contributed by atoms with van der Waals surface area (Å²) in [7, 11) is 1.87. The van der Waals surface area contributed by atoms with Crippen molar-refractivity contribution in [2.75, 3.05) is 39.8 Å². The molecule has 1 aromatic rings. The van der Waals surface area contributed by atoms with E-state index in [9.17, 15) is 0 Å². The van der Waals surface area contributed by atoms with Gasteiger partial charge in [-0.3, -0.25) is 9.89 Å². The Balaban J connectivity index is 1.40. The van der Waals surface area contributed by atoms with Crippen molar-refractivity contribution in [3.05, 3.63) is 29.7 Å². The van der Waals surface area contributed by atoms with Gasteiger partial charge >= 0.3 is 0 Å². The molecule has 1 aromatic heterocycles. The van der Waals surface area contributed by atoms with E-state index < -0.39 is 0 Å². The molecule has 2 aliphatic rings. The summed E-state index contributed by atoms with van der Waals surface area (Å²) in [5, 5.41) is 7.50. The fourth-order valence-corrected chi connectivity index (χ4v) is 3.30. The first-order valence-electron chi connectivity index (χ1n) is 8.60. The molecule has 2 heterocycles. The number of allylic oxidation sites excluding steroid dienone is 1. The van der Waals surface area contributed by atoms with Gasteiger partial charge in [-0.15, -0.1) is 0 Å². The zero-order valence-electron chi connectivity index (χ0n) is 14.0. The quantitative estimate of drug-likeness (QED) is 0.510. The average molecular weight is 317 g/mol. The van der Waals surface area contributed by atoms with Crippen LogP contribution in [0, 0.1) is 0 Å². The highest BCUT2D eigenvalue weighted by Gasteiger charge is 2.20. The minimum Gasteiger partial charge on any atom is -0.364 e. The van der Waals surface area contributed by atoms with Crippen molar-refractivity contribution < 1.29 is 4.52 Å². The summed E-state index contributed by atoms with van der Waals surface area (Å²) >= 11 is 0. The van der Waals surface area contributed by atoms with E-state index in [2.05, 4.69) is 31.3 Å². The summed E-state index contributed by atoms with van der Waals surface area (Å²) in [5.41, 5.74) is 2.61. The molecule has 0 bridgehead atoms. The predicted molar refractivity (Wildman–Crippen MR) is 91.3 cm³/mol. The Labute approximate surface area is 138 Å². The minimum atomic E-state index is 0.866. The highest BCUT2D eigenvalue weighted by Crippen LogP contribution is 2.19. The summed E-state index contributed by atoms with van der Waals surface area (Å²) in [6, 6.07) is 1.94. The summed E-state index contributed by atoms with van der Waals surface area (Å²) in [4.78, 5) is 9.20. The van der Waals surface area contributed by atoms with Crippen molar-refractivity contribution in [3.63, 3.8) is 0 Å². The normalized spacial score (nSPS) is 20.0. The Morgan fingerprint density at radius 1 is 1.35 bits per heavy atom. The van der Waals surface area contributed by atoms with Gasteiger partial charge < -0.3 is 14.7 Å². The fraction of sp³-hybridized carbons (Fsp3) is 0.647. The van der Waals surface area contributed by atoms with Gasteiger partial charge in [-0.05, 0) is 25.7 Å². The first-order chi connectivity index (χ1) is 11.3. The number of piperazine rings is 1. The molecular formula is C17H27N5O. The van der Waals surface area contributed by atoms with Crippen LogP contribution in [0.2, 0.25) is 0 Å². The lowest BCUT2D eigenvalue weighted by Crippen LogP contribution is -2.52. The van der Waals surface area contributed by atoms with E-state index in [1.54, 1.807) is 11.8 Å². The number of nitrogens with zero attached hydrogens (tertiary/aromatic N) is 4. The fourth-order valence-electron chi connectivity index (χ4n) is 3.30. The lowest BCUT2D eigenvalue weighted by Gasteiger charge is -2.36. The lowest BCUT2D eigenvalue weighted by molar-refractivity contribution is 0.169. The van der Waals surface area contributed by atoms with Crippen LogP contribution in [0.15, 0.2) is 33.5 Å². The minimum absolute atomic E-state index is 0.866. The molecule has 1 aliphatic heterocycles. The topological polar surface area (TPSA) is 56.9 Å². The Bertz CT molecular complexity index is 529. The summed E-state index contributed by atoms with van der Waals surface area (Å²) < 4.78 is 4.90. The van der Waals surface area contributed by atoms with Crippen LogP contribution in [0.25, 0.3) is 0 Å². The number of aromatic nitrogens is 1. The first kappa shape index (κ1) is 16.1. The van der Waals surface area contributed by atoms with Crippen LogP contribution in [0.1, 0.15) is 31.4 Å². The number of nitrogens with one attached hydrogen (secondary N) is 1. The molecule has 0 spiro atoms. The molecule has 0 atom stereocenters. The number of hydrogen-bond acceptors (Lipinski definition) is 4. The molecule has 1 aliphatic carbocycles. The van der Waals surface area contributed by atoms with Crippen LogP contribution in [0.3, 0.4) is 0 Å². The number of guanidine groups is 1. The van der Waals surface area contributed by atoms with E-state index in [0.29, 0.717) is 0 Å². The van der Waals surface area contributed by atoms with E-state index in [0.717, 1.165) is 57.3 Å². The van der Waals surface area contributed by atoms with Gasteiger partial charge in [-0.2, -0.15) is 0 Å². The molecule has 0 radical (unpaired) electrons. The Morgan fingerprint density at radius 3 is 2.87 bits per heavy atom. The van der Waals surface area contributed by atoms with Gasteiger partial charge in [-0.25, -0.2) is 0 Å². The van der Waals surface area contributed by atoms with Crippen molar-refractivity contribution in [1.82, 2.24) is 20.3 Å². The van der Waals surface area contributed by atoms with Gasteiger partial charge in [0.05, 0.1) is 5.69 Å². The van der Waals surface area contributed by atoms with Crippen molar-refractivity contribution in [2.45, 2.75) is 32.2 Å². The van der Waals surface area contributed by atoms with E-state index in [1.807, 2.05) is 13.1 Å². The van der Waals surface area contributed by atoms with E-state index >= 15 is 0 Å². The SMILES string of the molecule is CN=C(NCCC1=CCCC1)N1CCN(Cc2ccon2)CC1. The highest BCUT2D eigenvalue weighted by molar-refractivity contribution is 5.80. The molecule has 0 aromatic carbocycles. The van der Waals surface area contributed by atoms with E-state index in [4.69, 9.17) is 4.52 Å². The van der Waals surface area contributed by atoms with Crippen LogP contribution in [-0.4, -0.2) is 60.7 Å². The molecule has 6 nitrogen and oxygen atoms in total. The van der Waals surface area contributed by atoms with Gasteiger partial charge in [0.2, 0.25) is 0 Å². The third-order valence-corrected chi connectivity index (χ3v) is 4.62. The molecule has 3 rings (SSSR count). The summed E-state index contributed by atoms with van der Waals surface area (Å²) in [5.74, 6) is 1.03. The zero-order chi connectivity index (χ0) is 15.9. The number of hydrogen-bond donors (Lipinski definition) is 1. The second-order valence-electron chi connectivity index (χ2n) is 6.23. The third kappa shape index (κ3) is 4.58. The van der Waals surface area contributed by atoms with Gasteiger partial charge in [0.15, 0.2) is 5.96 Å². The van der Waals surface area contributed by atoms with Crippen LogP contribution in [0.5, 0.6) is 0 Å². The van der Waals surface area contributed by atoms with Gasteiger partial charge in [0.1, 0.15) is 6.26 Å². The Morgan fingerprint density at radius 2 is 2.22 bits per heavy atom. The van der Waals surface area contributed by atoms with Crippen molar-refractivity contribution >= 4 is 5.96 Å². The lowest BCUT2D eigenvalue weighted by atomic mass is 10.2. The standard InChI is InChI=1S/C17H27N5O/c1-18-17(19-8-6-15-4-2-3-5-15)22-11-9-21(10-12-22)14-16-7-13-23-20-16/h4,7,13H,2-3,5-6,8-12,14H2,1H3,(H,18,19). The maximum absolute atomic E-state index is 4.90. The van der Waals surface area contributed by atoms with Gasteiger partial charge in [0, 0.05) is 52.4 Å². The molecule has 1 saturated heterocycles. The van der Waals surface area contributed by atoms with Crippen LogP contribution < -0.4 is 5.32 Å². The molecule has 126 valence electrons. The Hall–Kier alpha value is -1.82. The molecular weight excluding hydrogens is 290 g/mol. The van der Waals surface area contributed by atoms with E-state index in [-0.39, 0.29) is 0 Å². The number of aliphatic imine (C=N–C) groups is 1. The molecule has 1 fully saturated rings. The molecule has 6 heteroatoms. The van der Waals surface area contributed by atoms with Crippen molar-refractivity contribution in [1.29, 1.82) is 0 Å². The summed E-state index contributed by atoms with van der Waals surface area (Å²) in [6.07, 6.45) is 9.05. The second-order valence-corrected chi connectivity index (χ2v) is 6.23. The van der Waals surface area contributed by atoms with Crippen LogP contribution in [-0.2, 0) is 6.54 Å². The summed E-state index contributed by atoms with van der Waals surface area (Å²) in [6.45, 7) is 5.90.